The molecule has 0 fully saturated rings. The standard InChI is InChI=1S/C54H35ClN2/c55-48-23-13-25-53-54(48)47-35-42(28-31-52(47)56(53)43-21-12-20-39(32-43)36-14-4-1-5-15-36)41-27-30-51-46(34-41)44-22-10-11-24-49(44)57(51)50-29-26-40(37-16-6-2-7-17-37)33-45(50)38-18-8-3-9-19-38/h1-35H. The lowest BCUT2D eigenvalue weighted by molar-refractivity contribution is 1.18. The van der Waals surface area contributed by atoms with Crippen LogP contribution in [0.4, 0.5) is 0 Å². The third kappa shape index (κ3) is 5.57. The summed E-state index contributed by atoms with van der Waals surface area (Å²) in [6, 6.07) is 76.3. The van der Waals surface area contributed by atoms with Gasteiger partial charge >= 0.3 is 0 Å². The van der Waals surface area contributed by atoms with E-state index in [1.165, 1.54) is 55.2 Å². The summed E-state index contributed by atoms with van der Waals surface area (Å²) in [4.78, 5) is 0. The molecule has 11 rings (SSSR count). The van der Waals surface area contributed by atoms with E-state index in [0.29, 0.717) is 0 Å². The fraction of sp³-hybridized carbons (Fsp3) is 0. The number of hydrogen-bond donors (Lipinski definition) is 0. The highest BCUT2D eigenvalue weighted by molar-refractivity contribution is 6.38. The molecule has 268 valence electrons. The topological polar surface area (TPSA) is 9.86 Å². The Morgan fingerprint density at radius 3 is 1.53 bits per heavy atom. The Bertz CT molecular complexity index is 3280. The molecule has 11 aromatic rings. The van der Waals surface area contributed by atoms with Crippen LogP contribution < -0.4 is 0 Å². The fourth-order valence-electron chi connectivity index (χ4n) is 8.74. The number of nitrogens with zero attached hydrogens (tertiary/aromatic N) is 2. The van der Waals surface area contributed by atoms with E-state index < -0.39 is 0 Å². The first kappa shape index (κ1) is 33.2. The molecule has 2 aromatic heterocycles. The van der Waals surface area contributed by atoms with Crippen molar-refractivity contribution in [2.45, 2.75) is 0 Å². The Kier molecular flexibility index (Phi) is 7.91. The van der Waals surface area contributed by atoms with Gasteiger partial charge in [0.05, 0.1) is 32.8 Å². The van der Waals surface area contributed by atoms with Gasteiger partial charge in [-0.2, -0.15) is 0 Å². The number of para-hydroxylation sites is 1. The molecule has 0 spiro atoms. The van der Waals surface area contributed by atoms with Crippen LogP contribution in [0.3, 0.4) is 0 Å². The van der Waals surface area contributed by atoms with E-state index in [0.717, 1.165) is 49.3 Å². The van der Waals surface area contributed by atoms with Gasteiger partial charge in [0.2, 0.25) is 0 Å². The summed E-state index contributed by atoms with van der Waals surface area (Å²) in [5.74, 6) is 0. The molecule has 0 unspecified atom stereocenters. The Hall–Kier alpha value is -7.13. The van der Waals surface area contributed by atoms with Crippen molar-refractivity contribution >= 4 is 55.2 Å². The van der Waals surface area contributed by atoms with E-state index in [2.05, 4.69) is 209 Å². The van der Waals surface area contributed by atoms with Gasteiger partial charge in [-0.3, -0.25) is 0 Å². The number of aromatic nitrogens is 2. The van der Waals surface area contributed by atoms with E-state index in [4.69, 9.17) is 11.6 Å². The third-order valence-corrected chi connectivity index (χ3v) is 11.7. The van der Waals surface area contributed by atoms with Crippen molar-refractivity contribution in [3.63, 3.8) is 0 Å². The first-order valence-corrected chi connectivity index (χ1v) is 19.7. The molecule has 3 heteroatoms. The largest absolute Gasteiger partial charge is 0.309 e. The number of hydrogen-bond acceptors (Lipinski definition) is 0. The summed E-state index contributed by atoms with van der Waals surface area (Å²) in [6.07, 6.45) is 0. The summed E-state index contributed by atoms with van der Waals surface area (Å²) in [6.45, 7) is 0. The summed E-state index contributed by atoms with van der Waals surface area (Å²) in [7, 11) is 0. The molecule has 0 aliphatic rings. The highest BCUT2D eigenvalue weighted by atomic mass is 35.5. The summed E-state index contributed by atoms with van der Waals surface area (Å²) in [5.41, 5.74) is 16.3. The molecule has 0 aliphatic heterocycles. The fourth-order valence-corrected chi connectivity index (χ4v) is 9.01. The zero-order valence-corrected chi connectivity index (χ0v) is 31.7. The Labute approximate surface area is 336 Å². The van der Waals surface area contributed by atoms with Crippen molar-refractivity contribution in [3.8, 4) is 55.9 Å². The third-order valence-electron chi connectivity index (χ3n) is 11.4. The minimum atomic E-state index is 0.749. The predicted molar refractivity (Wildman–Crippen MR) is 242 cm³/mol. The number of fused-ring (bicyclic) bond motifs is 6. The van der Waals surface area contributed by atoms with E-state index in [1.807, 2.05) is 12.1 Å². The molecule has 2 nitrogen and oxygen atoms in total. The lowest BCUT2D eigenvalue weighted by atomic mass is 9.97. The van der Waals surface area contributed by atoms with Crippen LogP contribution in [-0.4, -0.2) is 9.13 Å². The van der Waals surface area contributed by atoms with Crippen molar-refractivity contribution in [1.29, 1.82) is 0 Å². The molecule has 0 amide bonds. The average molecular weight is 747 g/mol. The molecule has 0 aliphatic carbocycles. The minimum absolute atomic E-state index is 0.749. The monoisotopic (exact) mass is 746 g/mol. The lowest BCUT2D eigenvalue weighted by Gasteiger charge is -2.16. The van der Waals surface area contributed by atoms with Crippen LogP contribution in [0, 0.1) is 0 Å². The van der Waals surface area contributed by atoms with Crippen LogP contribution >= 0.6 is 11.6 Å². The van der Waals surface area contributed by atoms with Crippen LogP contribution in [0.25, 0.3) is 99.5 Å². The number of rotatable bonds is 6. The molecule has 9 aromatic carbocycles. The highest BCUT2D eigenvalue weighted by Gasteiger charge is 2.19. The molecule has 0 saturated carbocycles. The second-order valence-electron chi connectivity index (χ2n) is 14.7. The number of benzene rings is 9. The van der Waals surface area contributed by atoms with E-state index in [-0.39, 0.29) is 0 Å². The zero-order chi connectivity index (χ0) is 37.9. The normalized spacial score (nSPS) is 11.6. The van der Waals surface area contributed by atoms with Gasteiger partial charge in [-0.25, -0.2) is 0 Å². The molecule has 0 atom stereocenters. The van der Waals surface area contributed by atoms with Gasteiger partial charge in [-0.05, 0) is 106 Å². The second kappa shape index (κ2) is 13.6. The first-order chi connectivity index (χ1) is 28.2. The molecule has 0 bridgehead atoms. The Morgan fingerprint density at radius 2 is 0.807 bits per heavy atom. The Balaban J connectivity index is 1.08. The van der Waals surface area contributed by atoms with Crippen LogP contribution in [0.1, 0.15) is 0 Å². The van der Waals surface area contributed by atoms with E-state index in [1.54, 1.807) is 0 Å². The van der Waals surface area contributed by atoms with Gasteiger partial charge < -0.3 is 9.13 Å². The van der Waals surface area contributed by atoms with Crippen molar-refractivity contribution in [2.75, 3.05) is 0 Å². The molecular weight excluding hydrogens is 712 g/mol. The van der Waals surface area contributed by atoms with Crippen molar-refractivity contribution in [3.05, 3.63) is 217 Å². The van der Waals surface area contributed by atoms with Crippen molar-refractivity contribution < 1.29 is 0 Å². The quantitative estimate of drug-likeness (QED) is 0.160. The summed E-state index contributed by atoms with van der Waals surface area (Å²) in [5, 5.41) is 5.38. The maximum absolute atomic E-state index is 7.05. The molecule has 0 saturated heterocycles. The van der Waals surface area contributed by atoms with Gasteiger partial charge in [0, 0.05) is 32.8 Å². The zero-order valence-electron chi connectivity index (χ0n) is 31.0. The van der Waals surface area contributed by atoms with Gasteiger partial charge in [-0.1, -0.05) is 157 Å². The molecule has 2 heterocycles. The summed E-state index contributed by atoms with van der Waals surface area (Å²) >= 11 is 7.05. The first-order valence-electron chi connectivity index (χ1n) is 19.4. The second-order valence-corrected chi connectivity index (χ2v) is 15.1. The maximum atomic E-state index is 7.05. The maximum Gasteiger partial charge on any atom is 0.0556 e. The van der Waals surface area contributed by atoms with Crippen LogP contribution in [0.2, 0.25) is 5.02 Å². The van der Waals surface area contributed by atoms with Crippen LogP contribution in [0.5, 0.6) is 0 Å². The number of halogens is 1. The smallest absolute Gasteiger partial charge is 0.0556 e. The van der Waals surface area contributed by atoms with Gasteiger partial charge in [-0.15, -0.1) is 0 Å². The van der Waals surface area contributed by atoms with E-state index >= 15 is 0 Å². The molecular formula is C54H35ClN2. The molecule has 57 heavy (non-hydrogen) atoms. The minimum Gasteiger partial charge on any atom is -0.309 e. The average Bonchev–Trinajstić information content (AvgIpc) is 3.80. The predicted octanol–water partition coefficient (Wildman–Crippen LogP) is 15.2. The molecule has 0 N–H and O–H groups in total. The van der Waals surface area contributed by atoms with Gasteiger partial charge in [0.1, 0.15) is 0 Å². The lowest BCUT2D eigenvalue weighted by Crippen LogP contribution is -1.98. The van der Waals surface area contributed by atoms with E-state index in [9.17, 15) is 0 Å². The van der Waals surface area contributed by atoms with Gasteiger partial charge in [0.25, 0.3) is 0 Å². The van der Waals surface area contributed by atoms with Crippen LogP contribution in [-0.2, 0) is 0 Å². The SMILES string of the molecule is Clc1cccc2c1c1cc(-c3ccc4c(c3)c3ccccc3n4-c3ccc(-c4ccccc4)cc3-c3ccccc3)ccc1n2-c1cccc(-c2ccccc2)c1. The molecule has 0 radical (unpaired) electrons. The summed E-state index contributed by atoms with van der Waals surface area (Å²) < 4.78 is 4.78. The van der Waals surface area contributed by atoms with Crippen molar-refractivity contribution in [2.24, 2.45) is 0 Å². The highest BCUT2D eigenvalue weighted by Crippen LogP contribution is 2.42. The van der Waals surface area contributed by atoms with Crippen LogP contribution in [0.15, 0.2) is 212 Å². The van der Waals surface area contributed by atoms with Gasteiger partial charge in [0.15, 0.2) is 0 Å². The van der Waals surface area contributed by atoms with Crippen molar-refractivity contribution in [1.82, 2.24) is 9.13 Å². The Morgan fingerprint density at radius 1 is 0.298 bits per heavy atom.